The van der Waals surface area contributed by atoms with E-state index in [4.69, 9.17) is 10.5 Å². The number of carbonyl (C=O) groups excluding carboxylic acids is 1. The lowest BCUT2D eigenvalue weighted by atomic mass is 10.0. The summed E-state index contributed by atoms with van der Waals surface area (Å²) in [5.41, 5.74) is 8.75. The average molecular weight is 250 g/mol. The van der Waals surface area contributed by atoms with Gasteiger partial charge in [0.2, 0.25) is 5.91 Å². The Morgan fingerprint density at radius 3 is 2.61 bits per heavy atom. The number of aryl methyl sites for hydroxylation is 2. The third kappa shape index (κ3) is 4.04. The number of benzene rings is 1. The van der Waals surface area contributed by atoms with Crippen molar-refractivity contribution in [2.24, 2.45) is 5.73 Å². The second-order valence-electron chi connectivity index (χ2n) is 4.42. The van der Waals surface area contributed by atoms with E-state index < -0.39 is 0 Å². The molecular weight excluding hydrogens is 228 g/mol. The Kier molecular flexibility index (Phi) is 5.65. The van der Waals surface area contributed by atoms with Crippen LogP contribution in [0.2, 0.25) is 0 Å². The third-order valence-corrected chi connectivity index (χ3v) is 2.98. The Morgan fingerprint density at radius 2 is 2.00 bits per heavy atom. The number of carbonyl (C=O) groups is 1. The molecule has 0 saturated carbocycles. The first-order chi connectivity index (χ1) is 8.58. The Hall–Kier alpha value is -1.55. The molecule has 0 fully saturated rings. The van der Waals surface area contributed by atoms with Gasteiger partial charge in [0.25, 0.3) is 0 Å². The minimum Gasteiger partial charge on any atom is -0.496 e. The highest BCUT2D eigenvalue weighted by atomic mass is 16.5. The summed E-state index contributed by atoms with van der Waals surface area (Å²) in [7, 11) is 1.64. The molecule has 0 aliphatic carbocycles. The summed E-state index contributed by atoms with van der Waals surface area (Å²) in [6, 6.07) is 4.05. The van der Waals surface area contributed by atoms with Crippen molar-refractivity contribution in [1.29, 1.82) is 0 Å². The highest BCUT2D eigenvalue weighted by Gasteiger charge is 2.07. The monoisotopic (exact) mass is 250 g/mol. The van der Waals surface area contributed by atoms with Crippen molar-refractivity contribution in [2.45, 2.75) is 33.2 Å². The SMILES string of the molecule is COc1cc(C)c(C)cc1CNC(=O)CCCN. The number of rotatable bonds is 6. The predicted octanol–water partition coefficient (Wildman–Crippen LogP) is 1.67. The van der Waals surface area contributed by atoms with Gasteiger partial charge in [-0.3, -0.25) is 4.79 Å². The van der Waals surface area contributed by atoms with Gasteiger partial charge in [0.1, 0.15) is 5.75 Å². The molecule has 0 saturated heterocycles. The Labute approximate surface area is 109 Å². The van der Waals surface area contributed by atoms with E-state index in [1.54, 1.807) is 7.11 Å². The molecule has 0 atom stereocenters. The van der Waals surface area contributed by atoms with Crippen LogP contribution in [0.15, 0.2) is 12.1 Å². The van der Waals surface area contributed by atoms with Gasteiger partial charge in [0.05, 0.1) is 7.11 Å². The summed E-state index contributed by atoms with van der Waals surface area (Å²) in [6.45, 7) is 5.13. The van der Waals surface area contributed by atoms with E-state index in [1.807, 2.05) is 13.0 Å². The fourth-order valence-corrected chi connectivity index (χ4v) is 1.72. The van der Waals surface area contributed by atoms with E-state index >= 15 is 0 Å². The van der Waals surface area contributed by atoms with E-state index in [0.717, 1.165) is 17.7 Å². The molecule has 0 spiro atoms. The maximum absolute atomic E-state index is 11.5. The lowest BCUT2D eigenvalue weighted by Crippen LogP contribution is -2.23. The molecule has 3 N–H and O–H groups in total. The van der Waals surface area contributed by atoms with Crippen molar-refractivity contribution >= 4 is 5.91 Å². The normalized spacial score (nSPS) is 10.2. The zero-order valence-corrected chi connectivity index (χ0v) is 11.4. The molecule has 0 radical (unpaired) electrons. The number of amides is 1. The average Bonchev–Trinajstić information content (AvgIpc) is 2.37. The summed E-state index contributed by atoms with van der Waals surface area (Å²) in [5, 5.41) is 2.88. The Bertz CT molecular complexity index is 417. The lowest BCUT2D eigenvalue weighted by Gasteiger charge is -2.12. The molecule has 4 heteroatoms. The van der Waals surface area contributed by atoms with Gasteiger partial charge in [-0.25, -0.2) is 0 Å². The quantitative estimate of drug-likeness (QED) is 0.807. The second-order valence-corrected chi connectivity index (χ2v) is 4.42. The number of ether oxygens (including phenoxy) is 1. The first kappa shape index (κ1) is 14.5. The van der Waals surface area contributed by atoms with Crippen LogP contribution in [0.5, 0.6) is 5.75 Å². The molecule has 0 aromatic heterocycles. The van der Waals surface area contributed by atoms with Crippen LogP contribution >= 0.6 is 0 Å². The van der Waals surface area contributed by atoms with Gasteiger partial charge >= 0.3 is 0 Å². The highest BCUT2D eigenvalue weighted by molar-refractivity contribution is 5.75. The lowest BCUT2D eigenvalue weighted by molar-refractivity contribution is -0.121. The largest absolute Gasteiger partial charge is 0.496 e. The van der Waals surface area contributed by atoms with Crippen LogP contribution in [0.3, 0.4) is 0 Å². The van der Waals surface area contributed by atoms with Gasteiger partial charge < -0.3 is 15.8 Å². The number of hydrogen-bond acceptors (Lipinski definition) is 3. The molecule has 1 rings (SSSR count). The minimum absolute atomic E-state index is 0.0285. The molecule has 1 aromatic carbocycles. The highest BCUT2D eigenvalue weighted by Crippen LogP contribution is 2.22. The summed E-state index contributed by atoms with van der Waals surface area (Å²) in [4.78, 5) is 11.5. The van der Waals surface area contributed by atoms with E-state index in [2.05, 4.69) is 18.3 Å². The van der Waals surface area contributed by atoms with Crippen LogP contribution in [0.4, 0.5) is 0 Å². The van der Waals surface area contributed by atoms with Gasteiger partial charge in [-0.2, -0.15) is 0 Å². The van der Waals surface area contributed by atoms with E-state index in [-0.39, 0.29) is 5.91 Å². The Balaban J connectivity index is 2.66. The maximum atomic E-state index is 11.5. The standard InChI is InChI=1S/C14H22N2O2/c1-10-7-12(13(18-3)8-11(10)2)9-16-14(17)5-4-6-15/h7-8H,4-6,9,15H2,1-3H3,(H,16,17). The van der Waals surface area contributed by atoms with Crippen molar-refractivity contribution in [1.82, 2.24) is 5.32 Å². The molecular formula is C14H22N2O2. The van der Waals surface area contributed by atoms with Crippen LogP contribution in [0.25, 0.3) is 0 Å². The molecule has 0 aliphatic heterocycles. The zero-order chi connectivity index (χ0) is 13.5. The third-order valence-electron chi connectivity index (χ3n) is 2.98. The van der Waals surface area contributed by atoms with Crippen LogP contribution in [0.1, 0.15) is 29.5 Å². The van der Waals surface area contributed by atoms with Crippen LogP contribution < -0.4 is 15.8 Å². The van der Waals surface area contributed by atoms with Gasteiger partial charge in [-0.05, 0) is 44.0 Å². The fraction of sp³-hybridized carbons (Fsp3) is 0.500. The molecule has 0 aliphatic rings. The molecule has 1 amide bonds. The fourth-order valence-electron chi connectivity index (χ4n) is 1.72. The molecule has 0 unspecified atom stereocenters. The van der Waals surface area contributed by atoms with Crippen molar-refractivity contribution in [3.05, 3.63) is 28.8 Å². The number of nitrogens with two attached hydrogens (primary N) is 1. The maximum Gasteiger partial charge on any atom is 0.220 e. The Morgan fingerprint density at radius 1 is 1.33 bits per heavy atom. The molecule has 0 heterocycles. The summed E-state index contributed by atoms with van der Waals surface area (Å²) in [5.74, 6) is 0.845. The zero-order valence-electron chi connectivity index (χ0n) is 11.4. The van der Waals surface area contributed by atoms with Crippen molar-refractivity contribution in [3.63, 3.8) is 0 Å². The number of nitrogens with one attached hydrogen (secondary N) is 1. The molecule has 18 heavy (non-hydrogen) atoms. The smallest absolute Gasteiger partial charge is 0.220 e. The summed E-state index contributed by atoms with van der Waals surface area (Å²) in [6.07, 6.45) is 1.19. The summed E-state index contributed by atoms with van der Waals surface area (Å²) >= 11 is 0. The minimum atomic E-state index is 0.0285. The summed E-state index contributed by atoms with van der Waals surface area (Å²) < 4.78 is 5.32. The van der Waals surface area contributed by atoms with Gasteiger partial charge in [0, 0.05) is 18.5 Å². The first-order valence-corrected chi connectivity index (χ1v) is 6.19. The first-order valence-electron chi connectivity index (χ1n) is 6.19. The van der Waals surface area contributed by atoms with E-state index in [1.165, 1.54) is 11.1 Å². The van der Waals surface area contributed by atoms with Crippen molar-refractivity contribution in [2.75, 3.05) is 13.7 Å². The van der Waals surface area contributed by atoms with Gasteiger partial charge in [-0.15, -0.1) is 0 Å². The van der Waals surface area contributed by atoms with Crippen LogP contribution in [0, 0.1) is 13.8 Å². The van der Waals surface area contributed by atoms with Gasteiger partial charge in [0.15, 0.2) is 0 Å². The van der Waals surface area contributed by atoms with Crippen LogP contribution in [-0.4, -0.2) is 19.6 Å². The predicted molar refractivity (Wildman–Crippen MR) is 72.6 cm³/mol. The molecule has 4 nitrogen and oxygen atoms in total. The number of methoxy groups -OCH3 is 1. The molecule has 0 bridgehead atoms. The number of hydrogen-bond donors (Lipinski definition) is 2. The topological polar surface area (TPSA) is 64.3 Å². The van der Waals surface area contributed by atoms with E-state index in [9.17, 15) is 4.79 Å². The van der Waals surface area contributed by atoms with E-state index in [0.29, 0.717) is 19.5 Å². The second kappa shape index (κ2) is 7.01. The molecule has 100 valence electrons. The van der Waals surface area contributed by atoms with Crippen molar-refractivity contribution in [3.8, 4) is 5.75 Å². The van der Waals surface area contributed by atoms with Crippen LogP contribution in [-0.2, 0) is 11.3 Å². The van der Waals surface area contributed by atoms with Crippen molar-refractivity contribution < 1.29 is 9.53 Å². The van der Waals surface area contributed by atoms with Gasteiger partial charge in [-0.1, -0.05) is 6.07 Å². The molecule has 1 aromatic rings.